The van der Waals surface area contributed by atoms with Crippen molar-refractivity contribution >= 4 is 6.03 Å². The molecular formula is C18H27N5O2. The molecule has 2 atom stereocenters. The number of methoxy groups -OCH3 is 1. The van der Waals surface area contributed by atoms with Gasteiger partial charge in [-0.15, -0.1) is 0 Å². The third kappa shape index (κ3) is 5.79. The highest BCUT2D eigenvalue weighted by molar-refractivity contribution is 5.74. The number of rotatable bonds is 8. The van der Waals surface area contributed by atoms with E-state index in [9.17, 15) is 4.79 Å². The lowest BCUT2D eigenvalue weighted by Gasteiger charge is -2.26. The van der Waals surface area contributed by atoms with Gasteiger partial charge in [-0.3, -0.25) is 4.68 Å². The number of carbonyl (C=O) groups excluding carboxylic acids is 1. The Hall–Kier alpha value is -2.54. The molecule has 0 bridgehead atoms. The van der Waals surface area contributed by atoms with E-state index in [-0.39, 0.29) is 18.1 Å². The lowest BCUT2D eigenvalue weighted by Crippen LogP contribution is -2.45. The van der Waals surface area contributed by atoms with Crippen molar-refractivity contribution in [2.24, 2.45) is 0 Å². The molecule has 1 aromatic carbocycles. The minimum atomic E-state index is -0.186. The first-order chi connectivity index (χ1) is 12.0. The van der Waals surface area contributed by atoms with Crippen molar-refractivity contribution in [1.82, 2.24) is 25.3 Å². The molecule has 0 aliphatic rings. The van der Waals surface area contributed by atoms with Gasteiger partial charge in [-0.1, -0.05) is 12.1 Å². The van der Waals surface area contributed by atoms with Gasteiger partial charge in [0.05, 0.1) is 19.7 Å². The molecule has 0 fully saturated rings. The molecule has 2 aromatic rings. The normalized spacial score (nSPS) is 13.3. The number of likely N-dealkylation sites (N-methyl/N-ethyl adjacent to an activating group) is 1. The van der Waals surface area contributed by atoms with Gasteiger partial charge in [0, 0.05) is 25.0 Å². The van der Waals surface area contributed by atoms with Crippen LogP contribution in [0.15, 0.2) is 42.7 Å². The summed E-state index contributed by atoms with van der Waals surface area (Å²) in [5.41, 5.74) is 1.09. The SMILES string of the molecule is COc1cccc([C@@H](CNC(=O)N[C@H](C)Cn2cccn2)N(C)C)c1. The van der Waals surface area contributed by atoms with Gasteiger partial charge in [-0.05, 0) is 44.8 Å². The third-order valence-corrected chi connectivity index (χ3v) is 3.96. The summed E-state index contributed by atoms with van der Waals surface area (Å²) >= 11 is 0. The van der Waals surface area contributed by atoms with Crippen molar-refractivity contribution < 1.29 is 9.53 Å². The van der Waals surface area contributed by atoms with Crippen LogP contribution in [0.25, 0.3) is 0 Å². The Bertz CT molecular complexity index is 657. The van der Waals surface area contributed by atoms with Crippen molar-refractivity contribution in [1.29, 1.82) is 0 Å². The molecule has 1 aromatic heterocycles. The van der Waals surface area contributed by atoms with Crippen molar-refractivity contribution in [3.8, 4) is 5.75 Å². The topological polar surface area (TPSA) is 71.4 Å². The first-order valence-electron chi connectivity index (χ1n) is 8.31. The Morgan fingerprint density at radius 1 is 1.36 bits per heavy atom. The zero-order valence-corrected chi connectivity index (χ0v) is 15.3. The molecule has 7 heteroatoms. The van der Waals surface area contributed by atoms with Crippen LogP contribution >= 0.6 is 0 Å². The predicted molar refractivity (Wildman–Crippen MR) is 97.6 cm³/mol. The van der Waals surface area contributed by atoms with E-state index < -0.39 is 0 Å². The maximum atomic E-state index is 12.2. The fraction of sp³-hybridized carbons (Fsp3) is 0.444. The van der Waals surface area contributed by atoms with Crippen LogP contribution < -0.4 is 15.4 Å². The molecule has 2 amide bonds. The maximum absolute atomic E-state index is 12.2. The number of nitrogens with zero attached hydrogens (tertiary/aromatic N) is 3. The largest absolute Gasteiger partial charge is 0.497 e. The highest BCUT2D eigenvalue weighted by atomic mass is 16.5. The Kier molecular flexibility index (Phi) is 6.82. The van der Waals surface area contributed by atoms with E-state index in [1.807, 2.05) is 57.5 Å². The quantitative estimate of drug-likeness (QED) is 0.766. The summed E-state index contributed by atoms with van der Waals surface area (Å²) in [6.45, 7) is 3.08. The second-order valence-corrected chi connectivity index (χ2v) is 6.24. The fourth-order valence-corrected chi connectivity index (χ4v) is 2.65. The summed E-state index contributed by atoms with van der Waals surface area (Å²) in [6.07, 6.45) is 3.60. The van der Waals surface area contributed by atoms with Crippen LogP contribution in [0.5, 0.6) is 5.75 Å². The van der Waals surface area contributed by atoms with Gasteiger partial charge >= 0.3 is 6.03 Å². The van der Waals surface area contributed by atoms with Gasteiger partial charge in [0.15, 0.2) is 0 Å². The fourth-order valence-electron chi connectivity index (χ4n) is 2.65. The summed E-state index contributed by atoms with van der Waals surface area (Å²) in [6, 6.07) is 9.61. The van der Waals surface area contributed by atoms with Gasteiger partial charge in [-0.25, -0.2) is 4.79 Å². The number of amides is 2. The molecular weight excluding hydrogens is 318 g/mol. The Morgan fingerprint density at radius 3 is 2.80 bits per heavy atom. The second-order valence-electron chi connectivity index (χ2n) is 6.24. The zero-order valence-electron chi connectivity index (χ0n) is 15.3. The third-order valence-electron chi connectivity index (χ3n) is 3.96. The van der Waals surface area contributed by atoms with E-state index in [2.05, 4.69) is 20.6 Å². The van der Waals surface area contributed by atoms with E-state index >= 15 is 0 Å². The molecule has 0 unspecified atom stereocenters. The number of ether oxygens (including phenoxy) is 1. The van der Waals surface area contributed by atoms with E-state index in [0.29, 0.717) is 13.1 Å². The number of hydrogen-bond acceptors (Lipinski definition) is 4. The average molecular weight is 345 g/mol. The van der Waals surface area contributed by atoms with Crippen molar-refractivity contribution in [3.05, 3.63) is 48.3 Å². The standard InChI is InChI=1S/C18H27N5O2/c1-14(13-23-10-6-9-20-23)21-18(24)19-12-17(22(2)3)15-7-5-8-16(11-15)25-4/h5-11,14,17H,12-13H2,1-4H3,(H2,19,21,24)/t14-,17-/m1/s1. The number of hydrogen-bond donors (Lipinski definition) is 2. The number of benzene rings is 1. The van der Waals surface area contributed by atoms with Crippen molar-refractivity contribution in [2.75, 3.05) is 27.7 Å². The molecule has 1 heterocycles. The Labute approximate surface area is 149 Å². The number of nitrogens with one attached hydrogen (secondary N) is 2. The van der Waals surface area contributed by atoms with Gasteiger partial charge in [0.25, 0.3) is 0 Å². The van der Waals surface area contributed by atoms with Crippen LogP contribution in [0, 0.1) is 0 Å². The molecule has 2 N–H and O–H groups in total. The summed E-state index contributed by atoms with van der Waals surface area (Å²) in [5.74, 6) is 0.807. The van der Waals surface area contributed by atoms with Gasteiger partial charge in [0.1, 0.15) is 5.75 Å². The van der Waals surface area contributed by atoms with E-state index in [1.54, 1.807) is 18.0 Å². The summed E-state index contributed by atoms with van der Waals surface area (Å²) in [4.78, 5) is 14.2. The Balaban J connectivity index is 1.88. The Morgan fingerprint density at radius 2 is 2.16 bits per heavy atom. The number of carbonyl (C=O) groups is 1. The molecule has 0 saturated heterocycles. The summed E-state index contributed by atoms with van der Waals surface area (Å²) in [5, 5.41) is 10.0. The van der Waals surface area contributed by atoms with Crippen LogP contribution in [0.2, 0.25) is 0 Å². The highest BCUT2D eigenvalue weighted by Crippen LogP contribution is 2.21. The molecule has 25 heavy (non-hydrogen) atoms. The first-order valence-corrected chi connectivity index (χ1v) is 8.31. The van der Waals surface area contributed by atoms with Crippen LogP contribution in [0.4, 0.5) is 4.79 Å². The summed E-state index contributed by atoms with van der Waals surface area (Å²) in [7, 11) is 5.63. The van der Waals surface area contributed by atoms with Crippen LogP contribution in [0.1, 0.15) is 18.5 Å². The predicted octanol–water partition coefficient (Wildman–Crippen LogP) is 1.88. The van der Waals surface area contributed by atoms with Gasteiger partial charge in [0.2, 0.25) is 0 Å². The van der Waals surface area contributed by atoms with Crippen molar-refractivity contribution in [2.45, 2.75) is 25.6 Å². The highest BCUT2D eigenvalue weighted by Gasteiger charge is 2.16. The number of aromatic nitrogens is 2. The lowest BCUT2D eigenvalue weighted by molar-refractivity contribution is 0.228. The smallest absolute Gasteiger partial charge is 0.315 e. The van der Waals surface area contributed by atoms with Crippen LogP contribution in [-0.2, 0) is 6.54 Å². The van der Waals surface area contributed by atoms with Gasteiger partial charge in [-0.2, -0.15) is 5.10 Å². The first kappa shape index (κ1) is 18.8. The number of urea groups is 1. The molecule has 0 spiro atoms. The van der Waals surface area contributed by atoms with E-state index in [0.717, 1.165) is 11.3 Å². The molecule has 0 radical (unpaired) electrons. The average Bonchev–Trinajstić information content (AvgIpc) is 3.07. The molecule has 2 rings (SSSR count). The summed E-state index contributed by atoms with van der Waals surface area (Å²) < 4.78 is 7.08. The van der Waals surface area contributed by atoms with E-state index in [1.165, 1.54) is 0 Å². The molecule has 0 aliphatic heterocycles. The lowest BCUT2D eigenvalue weighted by atomic mass is 10.1. The molecule has 0 aliphatic carbocycles. The maximum Gasteiger partial charge on any atom is 0.315 e. The van der Waals surface area contributed by atoms with Gasteiger partial charge < -0.3 is 20.3 Å². The monoisotopic (exact) mass is 345 g/mol. The minimum absolute atomic E-state index is 0.0190. The zero-order chi connectivity index (χ0) is 18.2. The van der Waals surface area contributed by atoms with Crippen LogP contribution in [0.3, 0.4) is 0 Å². The second kappa shape index (κ2) is 9.08. The molecule has 7 nitrogen and oxygen atoms in total. The molecule has 0 saturated carbocycles. The van der Waals surface area contributed by atoms with Crippen molar-refractivity contribution in [3.63, 3.8) is 0 Å². The van der Waals surface area contributed by atoms with E-state index in [4.69, 9.17) is 4.74 Å². The molecule has 136 valence electrons. The minimum Gasteiger partial charge on any atom is -0.497 e. The van der Waals surface area contributed by atoms with Crippen LogP contribution in [-0.4, -0.2) is 54.5 Å².